The summed E-state index contributed by atoms with van der Waals surface area (Å²) in [6.07, 6.45) is 2.44. The summed E-state index contributed by atoms with van der Waals surface area (Å²) < 4.78 is 0. The molecule has 0 bridgehead atoms. The zero-order valence-corrected chi connectivity index (χ0v) is 12.7. The molecule has 0 aliphatic carbocycles. The molecule has 1 aliphatic heterocycles. The van der Waals surface area contributed by atoms with Crippen molar-refractivity contribution in [2.75, 3.05) is 26.2 Å². The van der Waals surface area contributed by atoms with Gasteiger partial charge in [-0.1, -0.05) is 38.1 Å². The molecule has 1 heterocycles. The van der Waals surface area contributed by atoms with E-state index in [1.807, 2.05) is 0 Å². The molecule has 0 saturated carbocycles. The molecule has 0 spiro atoms. The van der Waals surface area contributed by atoms with Crippen LogP contribution in [0.3, 0.4) is 0 Å². The average Bonchev–Trinajstić information content (AvgIpc) is 3.01. The summed E-state index contributed by atoms with van der Waals surface area (Å²) in [7, 11) is 0. The minimum absolute atomic E-state index is 0.0694. The van der Waals surface area contributed by atoms with Gasteiger partial charge in [0.1, 0.15) is 6.04 Å². The van der Waals surface area contributed by atoms with E-state index in [1.54, 1.807) is 0 Å². The molecule has 0 N–H and O–H groups in total. The van der Waals surface area contributed by atoms with Crippen molar-refractivity contribution < 1.29 is 0 Å². The lowest BCUT2D eigenvalue weighted by Crippen LogP contribution is -2.24. The zero-order valence-electron chi connectivity index (χ0n) is 12.7. The van der Waals surface area contributed by atoms with Crippen molar-refractivity contribution >= 4 is 0 Å². The SMILES string of the molecule is CCN(CC)Cc1ccc(C(C#N)N2CCCC2)cc1. The Morgan fingerprint density at radius 3 is 2.25 bits per heavy atom. The van der Waals surface area contributed by atoms with Gasteiger partial charge in [0, 0.05) is 6.54 Å². The van der Waals surface area contributed by atoms with Crippen molar-refractivity contribution in [3.63, 3.8) is 0 Å². The van der Waals surface area contributed by atoms with Crippen molar-refractivity contribution in [1.29, 1.82) is 5.26 Å². The third-order valence-corrected chi connectivity index (χ3v) is 4.22. The first kappa shape index (κ1) is 15.0. The molecular weight excluding hydrogens is 246 g/mol. The first-order chi connectivity index (χ1) is 9.78. The van der Waals surface area contributed by atoms with Crippen molar-refractivity contribution in [1.82, 2.24) is 9.80 Å². The molecule has 2 rings (SSSR count). The molecule has 20 heavy (non-hydrogen) atoms. The summed E-state index contributed by atoms with van der Waals surface area (Å²) in [6.45, 7) is 9.64. The van der Waals surface area contributed by atoms with Crippen LogP contribution in [0.1, 0.15) is 43.9 Å². The second-order valence-electron chi connectivity index (χ2n) is 5.48. The molecule has 3 heteroatoms. The Balaban J connectivity index is 2.04. The van der Waals surface area contributed by atoms with E-state index < -0.39 is 0 Å². The molecule has 0 aromatic heterocycles. The van der Waals surface area contributed by atoms with Crippen LogP contribution in [0.4, 0.5) is 0 Å². The summed E-state index contributed by atoms with van der Waals surface area (Å²) in [5.41, 5.74) is 2.47. The highest BCUT2D eigenvalue weighted by Gasteiger charge is 2.22. The summed E-state index contributed by atoms with van der Waals surface area (Å²) in [5, 5.41) is 9.43. The first-order valence-corrected chi connectivity index (χ1v) is 7.73. The van der Waals surface area contributed by atoms with Crippen LogP contribution in [0.25, 0.3) is 0 Å². The zero-order chi connectivity index (χ0) is 14.4. The van der Waals surface area contributed by atoms with Crippen LogP contribution < -0.4 is 0 Å². The van der Waals surface area contributed by atoms with Crippen molar-refractivity contribution in [3.8, 4) is 6.07 Å². The number of hydrogen-bond acceptors (Lipinski definition) is 3. The van der Waals surface area contributed by atoms with E-state index in [0.717, 1.165) is 38.3 Å². The smallest absolute Gasteiger partial charge is 0.123 e. The van der Waals surface area contributed by atoms with Crippen LogP contribution in [0.15, 0.2) is 24.3 Å². The molecule has 1 unspecified atom stereocenters. The van der Waals surface area contributed by atoms with E-state index in [-0.39, 0.29) is 6.04 Å². The Morgan fingerprint density at radius 2 is 1.75 bits per heavy atom. The van der Waals surface area contributed by atoms with E-state index >= 15 is 0 Å². The van der Waals surface area contributed by atoms with E-state index in [2.05, 4.69) is 54.0 Å². The van der Waals surface area contributed by atoms with Crippen LogP contribution in [0, 0.1) is 11.3 Å². The summed E-state index contributed by atoms with van der Waals surface area (Å²) in [4.78, 5) is 4.69. The molecule has 3 nitrogen and oxygen atoms in total. The number of rotatable bonds is 6. The highest BCUT2D eigenvalue weighted by molar-refractivity contribution is 5.28. The molecule has 1 fully saturated rings. The Bertz CT molecular complexity index is 436. The Morgan fingerprint density at radius 1 is 1.15 bits per heavy atom. The highest BCUT2D eigenvalue weighted by Crippen LogP contribution is 2.24. The number of hydrogen-bond donors (Lipinski definition) is 0. The van der Waals surface area contributed by atoms with Gasteiger partial charge in [-0.25, -0.2) is 0 Å². The molecule has 1 aromatic carbocycles. The fraction of sp³-hybridized carbons (Fsp3) is 0.588. The van der Waals surface area contributed by atoms with Crippen molar-refractivity contribution in [3.05, 3.63) is 35.4 Å². The third-order valence-electron chi connectivity index (χ3n) is 4.22. The van der Waals surface area contributed by atoms with Gasteiger partial charge in [-0.3, -0.25) is 9.80 Å². The highest BCUT2D eigenvalue weighted by atomic mass is 15.2. The van der Waals surface area contributed by atoms with E-state index in [4.69, 9.17) is 0 Å². The Labute approximate surface area is 122 Å². The number of nitrogens with zero attached hydrogens (tertiary/aromatic N) is 3. The maximum atomic E-state index is 9.43. The predicted molar refractivity (Wildman–Crippen MR) is 82.2 cm³/mol. The largest absolute Gasteiger partial charge is 0.300 e. The molecule has 0 amide bonds. The molecule has 1 saturated heterocycles. The lowest BCUT2D eigenvalue weighted by atomic mass is 10.0. The summed E-state index contributed by atoms with van der Waals surface area (Å²) in [5.74, 6) is 0. The maximum Gasteiger partial charge on any atom is 0.123 e. The van der Waals surface area contributed by atoms with Gasteiger partial charge in [-0.05, 0) is 50.1 Å². The van der Waals surface area contributed by atoms with E-state index in [9.17, 15) is 5.26 Å². The third kappa shape index (κ3) is 3.59. The summed E-state index contributed by atoms with van der Waals surface area (Å²) in [6, 6.07) is 11.0. The van der Waals surface area contributed by atoms with Gasteiger partial charge in [0.15, 0.2) is 0 Å². The lowest BCUT2D eigenvalue weighted by molar-refractivity contribution is 0.292. The van der Waals surface area contributed by atoms with Gasteiger partial charge < -0.3 is 0 Å². The van der Waals surface area contributed by atoms with Gasteiger partial charge in [0.2, 0.25) is 0 Å². The fourth-order valence-electron chi connectivity index (χ4n) is 2.88. The quantitative estimate of drug-likeness (QED) is 0.796. The van der Waals surface area contributed by atoms with Crippen LogP contribution in [0.5, 0.6) is 0 Å². The van der Waals surface area contributed by atoms with Crippen molar-refractivity contribution in [2.45, 2.75) is 39.3 Å². The van der Waals surface area contributed by atoms with Gasteiger partial charge in [0.05, 0.1) is 6.07 Å². The van der Waals surface area contributed by atoms with Gasteiger partial charge >= 0.3 is 0 Å². The van der Waals surface area contributed by atoms with E-state index in [1.165, 1.54) is 18.4 Å². The molecule has 1 atom stereocenters. The molecule has 1 aliphatic rings. The average molecular weight is 271 g/mol. The van der Waals surface area contributed by atoms with E-state index in [0.29, 0.717) is 0 Å². The first-order valence-electron chi connectivity index (χ1n) is 7.73. The van der Waals surface area contributed by atoms with Gasteiger partial charge in [0.25, 0.3) is 0 Å². The molecule has 108 valence electrons. The number of benzene rings is 1. The van der Waals surface area contributed by atoms with Crippen LogP contribution in [-0.2, 0) is 6.54 Å². The molecule has 0 radical (unpaired) electrons. The molecule has 1 aromatic rings. The van der Waals surface area contributed by atoms with Gasteiger partial charge in [-0.2, -0.15) is 5.26 Å². The minimum atomic E-state index is -0.0694. The van der Waals surface area contributed by atoms with Crippen molar-refractivity contribution in [2.24, 2.45) is 0 Å². The van der Waals surface area contributed by atoms with Gasteiger partial charge in [-0.15, -0.1) is 0 Å². The second-order valence-corrected chi connectivity index (χ2v) is 5.48. The minimum Gasteiger partial charge on any atom is -0.300 e. The van der Waals surface area contributed by atoms with Crippen LogP contribution in [-0.4, -0.2) is 36.0 Å². The maximum absolute atomic E-state index is 9.43. The summed E-state index contributed by atoms with van der Waals surface area (Å²) >= 11 is 0. The normalized spacial score (nSPS) is 17.3. The van der Waals surface area contributed by atoms with Crippen LogP contribution >= 0.6 is 0 Å². The molecular formula is C17H25N3. The number of nitriles is 1. The Hall–Kier alpha value is -1.37. The predicted octanol–water partition coefficient (Wildman–Crippen LogP) is 3.19. The second kappa shape index (κ2) is 7.42. The monoisotopic (exact) mass is 271 g/mol. The number of likely N-dealkylation sites (tertiary alicyclic amines) is 1. The fourth-order valence-corrected chi connectivity index (χ4v) is 2.88. The van der Waals surface area contributed by atoms with Crippen LogP contribution in [0.2, 0.25) is 0 Å². The standard InChI is InChI=1S/C17H25N3/c1-3-19(4-2)14-15-7-9-16(10-8-15)17(13-18)20-11-5-6-12-20/h7-10,17H,3-6,11-12,14H2,1-2H3. The Kier molecular flexibility index (Phi) is 5.58. The lowest BCUT2D eigenvalue weighted by Gasteiger charge is -2.22. The topological polar surface area (TPSA) is 30.3 Å².